The Morgan fingerprint density at radius 3 is 2.21 bits per heavy atom. The number of piperazine rings is 1. The Hall–Kier alpha value is -2.07. The Morgan fingerprint density at radius 1 is 0.895 bits per heavy atom. The highest BCUT2D eigenvalue weighted by Crippen LogP contribution is 2.24. The van der Waals surface area contributed by atoms with Crippen LogP contribution in [0.25, 0.3) is 0 Å². The number of carbonyl (C=O) groups is 1. The Labute approximate surface area is 239 Å². The number of rotatable bonds is 10. The maximum absolute atomic E-state index is 12.9. The second-order valence-electron chi connectivity index (χ2n) is 9.25. The summed E-state index contributed by atoms with van der Waals surface area (Å²) in [5.74, 6) is 1.49. The summed E-state index contributed by atoms with van der Waals surface area (Å²) in [7, 11) is -3.47. The van der Waals surface area contributed by atoms with E-state index in [1.807, 2.05) is 55.5 Å². The fourth-order valence-electron chi connectivity index (χ4n) is 4.17. The van der Waals surface area contributed by atoms with Gasteiger partial charge in [-0.25, -0.2) is 8.42 Å². The van der Waals surface area contributed by atoms with E-state index in [0.717, 1.165) is 28.2 Å². The minimum atomic E-state index is -3.47. The number of aryl methyl sites for hydroxylation is 1. The van der Waals surface area contributed by atoms with Crippen LogP contribution in [0.2, 0.25) is 10.0 Å². The van der Waals surface area contributed by atoms with Gasteiger partial charge in [-0.2, -0.15) is 16.1 Å². The lowest BCUT2D eigenvalue weighted by molar-refractivity contribution is 0.0956. The molecular formula is C28H31Cl2N3O3S2. The quantitative estimate of drug-likeness (QED) is 0.316. The molecule has 10 heteroatoms. The van der Waals surface area contributed by atoms with E-state index in [1.54, 1.807) is 34.3 Å². The molecule has 38 heavy (non-hydrogen) atoms. The summed E-state index contributed by atoms with van der Waals surface area (Å²) < 4.78 is 27.4. The number of halogens is 2. The molecule has 0 radical (unpaired) electrons. The molecule has 0 spiro atoms. The van der Waals surface area contributed by atoms with Crippen LogP contribution in [0, 0.1) is 6.92 Å². The van der Waals surface area contributed by atoms with E-state index in [2.05, 4.69) is 10.2 Å². The standard InChI is InChI=1S/C28H31Cl2N3O3S2/c1-21-2-9-25(10-3-21)38(35,36)33-15-13-32(14-16-33)19-22-4-7-24(8-5-22)28(34)31-12-17-37-20-23-6-11-26(29)27(30)18-23/h2-11,18H,12-17,19-20H2,1H3,(H,31,34). The van der Waals surface area contributed by atoms with Crippen molar-refractivity contribution in [2.24, 2.45) is 0 Å². The largest absolute Gasteiger partial charge is 0.351 e. The summed E-state index contributed by atoms with van der Waals surface area (Å²) >= 11 is 13.7. The highest BCUT2D eigenvalue weighted by molar-refractivity contribution is 7.98. The van der Waals surface area contributed by atoms with Crippen LogP contribution in [0.15, 0.2) is 71.6 Å². The molecule has 0 aromatic heterocycles. The Bertz CT molecular complexity index is 1340. The van der Waals surface area contributed by atoms with Crippen molar-refractivity contribution >= 4 is 50.9 Å². The van der Waals surface area contributed by atoms with Gasteiger partial charge in [0.1, 0.15) is 0 Å². The molecule has 1 aliphatic rings. The minimum Gasteiger partial charge on any atom is -0.351 e. The van der Waals surface area contributed by atoms with Crippen molar-refractivity contribution in [3.63, 3.8) is 0 Å². The number of carbonyl (C=O) groups excluding carboxylic acids is 1. The lowest BCUT2D eigenvalue weighted by atomic mass is 10.1. The maximum Gasteiger partial charge on any atom is 0.251 e. The molecule has 6 nitrogen and oxygen atoms in total. The summed E-state index contributed by atoms with van der Waals surface area (Å²) in [6.07, 6.45) is 0. The molecule has 0 unspecified atom stereocenters. The number of hydrogen-bond donors (Lipinski definition) is 1. The second-order valence-corrected chi connectivity index (χ2v) is 13.1. The first-order valence-electron chi connectivity index (χ1n) is 12.4. The highest BCUT2D eigenvalue weighted by atomic mass is 35.5. The molecule has 0 bridgehead atoms. The predicted octanol–water partition coefficient (Wildman–Crippen LogP) is 5.47. The SMILES string of the molecule is Cc1ccc(S(=O)(=O)N2CCN(Cc3ccc(C(=O)NCCSCc4ccc(Cl)c(Cl)c4)cc3)CC2)cc1. The molecule has 1 fully saturated rings. The van der Waals surface area contributed by atoms with Gasteiger partial charge in [0.25, 0.3) is 5.91 Å². The Kier molecular flexibility index (Phi) is 10.1. The third-order valence-corrected chi connectivity index (χ3v) is 10.1. The van der Waals surface area contributed by atoms with Gasteiger partial charge in [0.2, 0.25) is 10.0 Å². The molecular weight excluding hydrogens is 561 g/mol. The summed E-state index contributed by atoms with van der Waals surface area (Å²) in [6, 6.07) is 20.2. The van der Waals surface area contributed by atoms with Crippen molar-refractivity contribution < 1.29 is 13.2 Å². The smallest absolute Gasteiger partial charge is 0.251 e. The highest BCUT2D eigenvalue weighted by Gasteiger charge is 2.28. The molecule has 3 aromatic rings. The molecule has 0 aliphatic carbocycles. The molecule has 1 saturated heterocycles. The van der Waals surface area contributed by atoms with Gasteiger partial charge in [-0.3, -0.25) is 9.69 Å². The van der Waals surface area contributed by atoms with Gasteiger partial charge in [-0.1, -0.05) is 59.1 Å². The summed E-state index contributed by atoms with van der Waals surface area (Å²) in [5.41, 5.74) is 3.85. The van der Waals surface area contributed by atoms with Gasteiger partial charge in [0.15, 0.2) is 0 Å². The zero-order chi connectivity index (χ0) is 27.1. The van der Waals surface area contributed by atoms with Gasteiger partial charge >= 0.3 is 0 Å². The van der Waals surface area contributed by atoms with Crippen LogP contribution in [0.1, 0.15) is 27.0 Å². The number of sulfonamides is 1. The van der Waals surface area contributed by atoms with E-state index < -0.39 is 10.0 Å². The lowest BCUT2D eigenvalue weighted by Gasteiger charge is -2.34. The van der Waals surface area contributed by atoms with Crippen LogP contribution < -0.4 is 5.32 Å². The van der Waals surface area contributed by atoms with Crippen molar-refractivity contribution in [3.8, 4) is 0 Å². The average Bonchev–Trinajstić information content (AvgIpc) is 2.91. The fourth-order valence-corrected chi connectivity index (χ4v) is 6.71. The zero-order valence-corrected chi connectivity index (χ0v) is 24.3. The van der Waals surface area contributed by atoms with Crippen LogP contribution in [-0.2, 0) is 22.3 Å². The summed E-state index contributed by atoms with van der Waals surface area (Å²) in [4.78, 5) is 15.1. The number of thioether (sulfide) groups is 1. The fraction of sp³-hybridized carbons (Fsp3) is 0.321. The number of nitrogens with zero attached hydrogens (tertiary/aromatic N) is 2. The molecule has 3 aromatic carbocycles. The second kappa shape index (κ2) is 13.3. The molecule has 1 N–H and O–H groups in total. The molecule has 1 heterocycles. The third kappa shape index (κ3) is 7.74. The molecule has 202 valence electrons. The Balaban J connectivity index is 1.18. The molecule has 0 saturated carbocycles. The molecule has 4 rings (SSSR count). The average molecular weight is 593 g/mol. The first kappa shape index (κ1) is 28.9. The summed E-state index contributed by atoms with van der Waals surface area (Å²) in [6.45, 7) is 5.46. The van der Waals surface area contributed by atoms with Gasteiger partial charge in [-0.15, -0.1) is 0 Å². The van der Waals surface area contributed by atoms with Crippen LogP contribution in [0.4, 0.5) is 0 Å². The van der Waals surface area contributed by atoms with Crippen molar-refractivity contribution in [1.29, 1.82) is 0 Å². The van der Waals surface area contributed by atoms with Gasteiger partial charge in [0.05, 0.1) is 14.9 Å². The van der Waals surface area contributed by atoms with E-state index in [-0.39, 0.29) is 5.91 Å². The van der Waals surface area contributed by atoms with Crippen molar-refractivity contribution in [3.05, 3.63) is 99.0 Å². The number of benzene rings is 3. The van der Waals surface area contributed by atoms with E-state index in [0.29, 0.717) is 59.8 Å². The summed E-state index contributed by atoms with van der Waals surface area (Å²) in [5, 5.41) is 4.06. The van der Waals surface area contributed by atoms with Crippen LogP contribution in [-0.4, -0.2) is 62.0 Å². The topological polar surface area (TPSA) is 69.7 Å². The predicted molar refractivity (Wildman–Crippen MR) is 157 cm³/mol. The van der Waals surface area contributed by atoms with Gasteiger partial charge < -0.3 is 5.32 Å². The normalized spacial score (nSPS) is 14.9. The number of nitrogens with one attached hydrogen (secondary N) is 1. The maximum atomic E-state index is 12.9. The van der Waals surface area contributed by atoms with Crippen LogP contribution >= 0.6 is 35.0 Å². The minimum absolute atomic E-state index is 0.0957. The van der Waals surface area contributed by atoms with E-state index in [1.165, 1.54) is 0 Å². The molecule has 1 aliphatic heterocycles. The monoisotopic (exact) mass is 591 g/mol. The first-order valence-corrected chi connectivity index (χ1v) is 15.8. The van der Waals surface area contributed by atoms with Gasteiger partial charge in [-0.05, 0) is 54.4 Å². The number of hydrogen-bond acceptors (Lipinski definition) is 5. The zero-order valence-electron chi connectivity index (χ0n) is 21.2. The van der Waals surface area contributed by atoms with Crippen molar-refractivity contribution in [2.75, 3.05) is 38.5 Å². The van der Waals surface area contributed by atoms with Crippen molar-refractivity contribution in [2.45, 2.75) is 24.1 Å². The molecule has 1 amide bonds. The lowest BCUT2D eigenvalue weighted by Crippen LogP contribution is -2.48. The third-order valence-electron chi connectivity index (χ3n) is 6.40. The molecule has 0 atom stereocenters. The van der Waals surface area contributed by atoms with Crippen molar-refractivity contribution in [1.82, 2.24) is 14.5 Å². The van der Waals surface area contributed by atoms with E-state index in [4.69, 9.17) is 23.2 Å². The van der Waals surface area contributed by atoms with Crippen LogP contribution in [0.5, 0.6) is 0 Å². The van der Waals surface area contributed by atoms with Crippen LogP contribution in [0.3, 0.4) is 0 Å². The number of amides is 1. The Morgan fingerprint density at radius 2 is 1.55 bits per heavy atom. The van der Waals surface area contributed by atoms with E-state index >= 15 is 0 Å². The van der Waals surface area contributed by atoms with Gasteiger partial charge in [0, 0.05) is 56.3 Å². The van der Waals surface area contributed by atoms with E-state index in [9.17, 15) is 13.2 Å². The first-order chi connectivity index (χ1) is 18.2.